The van der Waals surface area contributed by atoms with Crippen molar-refractivity contribution in [2.24, 2.45) is 10.7 Å². The lowest BCUT2D eigenvalue weighted by Gasteiger charge is -2.14. The molecule has 0 radical (unpaired) electrons. The molecule has 7 nitrogen and oxygen atoms in total. The minimum Gasteiger partial charge on any atom is -0.310 e. The van der Waals surface area contributed by atoms with Crippen LogP contribution in [0, 0.1) is 0 Å². The van der Waals surface area contributed by atoms with Gasteiger partial charge < -0.3 is 5.73 Å². The first-order valence-corrected chi connectivity index (χ1v) is 15.9. The Morgan fingerprint density at radius 3 is 1.34 bits per heavy atom. The van der Waals surface area contributed by atoms with Crippen LogP contribution in [0.5, 0.6) is 0 Å². The molecular weight excluding hydrogens is 625 g/mol. The molecule has 5 aromatic carbocycles. The largest absolute Gasteiger partial charge is 0.310 e. The van der Waals surface area contributed by atoms with Gasteiger partial charge in [-0.05, 0) is 27.8 Å². The van der Waals surface area contributed by atoms with Crippen molar-refractivity contribution in [2.45, 2.75) is 12.5 Å². The van der Waals surface area contributed by atoms with Crippen molar-refractivity contribution >= 4 is 28.4 Å². The summed E-state index contributed by atoms with van der Waals surface area (Å²) < 4.78 is 0. The summed E-state index contributed by atoms with van der Waals surface area (Å²) in [6.45, 7) is 0. The summed E-state index contributed by atoms with van der Waals surface area (Å²) in [4.78, 5) is 19.2. The number of benzene rings is 5. The van der Waals surface area contributed by atoms with Gasteiger partial charge in [0.25, 0.3) is 0 Å². The lowest BCUT2D eigenvalue weighted by Crippen LogP contribution is -2.22. The molecular formula is C38H27Cl2N7. The highest BCUT2D eigenvalue weighted by molar-refractivity contribution is 6.69. The summed E-state index contributed by atoms with van der Waals surface area (Å²) in [6.07, 6.45) is 0.846. The molecule has 9 heteroatoms. The quantitative estimate of drug-likeness (QED) is 0.137. The average Bonchev–Trinajstić information content (AvgIpc) is 3.86. The summed E-state index contributed by atoms with van der Waals surface area (Å²) in [5, 5.41) is 4.52. The van der Waals surface area contributed by atoms with E-state index in [1.807, 2.05) is 70.7 Å². The standard InChI is InChI=1S/C38H27Cl2N7/c39-32-23-33(40)46-38(42-32)47(46)34(41)28-15-21-31(22-16-28)37-44-35(29-17-11-26(12-18-29)24-7-3-1-4-8-24)43-36(45-37)30-19-13-27(14-20-30)25-9-5-2-6-10-25/h1-23,34,38H,41H2. The van der Waals surface area contributed by atoms with Gasteiger partial charge in [-0.1, -0.05) is 157 Å². The van der Waals surface area contributed by atoms with E-state index in [0.717, 1.165) is 44.5 Å². The maximum Gasteiger partial charge on any atom is 0.213 e. The molecule has 2 aliphatic rings. The van der Waals surface area contributed by atoms with Gasteiger partial charge in [-0.25, -0.2) is 25.0 Å². The maximum absolute atomic E-state index is 6.61. The molecule has 47 heavy (non-hydrogen) atoms. The highest BCUT2D eigenvalue weighted by atomic mass is 35.5. The number of aromatic nitrogens is 3. The van der Waals surface area contributed by atoms with Crippen molar-refractivity contribution in [3.63, 3.8) is 0 Å². The third-order valence-corrected chi connectivity index (χ3v) is 8.77. The number of hydrazine groups is 1. The minimum absolute atomic E-state index is 0.301. The van der Waals surface area contributed by atoms with Crippen molar-refractivity contribution in [2.75, 3.05) is 0 Å². The molecule has 1 fully saturated rings. The highest BCUT2D eigenvalue weighted by Crippen LogP contribution is 2.43. The van der Waals surface area contributed by atoms with Crippen molar-refractivity contribution in [3.8, 4) is 56.4 Å². The zero-order valence-electron chi connectivity index (χ0n) is 25.0. The number of nitrogens with two attached hydrogens (primary N) is 1. The van der Waals surface area contributed by atoms with Gasteiger partial charge in [-0.2, -0.15) is 5.01 Å². The lowest BCUT2D eigenvalue weighted by molar-refractivity contribution is 0.286. The second-order valence-electron chi connectivity index (χ2n) is 11.2. The van der Waals surface area contributed by atoms with Crippen LogP contribution in [0.3, 0.4) is 0 Å². The Balaban J connectivity index is 1.13. The van der Waals surface area contributed by atoms with Gasteiger partial charge in [-0.3, -0.25) is 0 Å². The van der Waals surface area contributed by atoms with Crippen molar-refractivity contribution < 1.29 is 0 Å². The Morgan fingerprint density at radius 2 is 0.894 bits per heavy atom. The van der Waals surface area contributed by atoms with E-state index < -0.39 is 6.17 Å². The molecule has 8 rings (SSSR count). The number of hydrogen-bond donors (Lipinski definition) is 1. The molecule has 228 valence electrons. The fourth-order valence-electron chi connectivity index (χ4n) is 5.73. The van der Waals surface area contributed by atoms with Gasteiger partial charge in [-0.15, -0.1) is 0 Å². The Bertz CT molecular complexity index is 2020. The molecule has 3 heterocycles. The summed E-state index contributed by atoms with van der Waals surface area (Å²) in [6, 6.07) is 45.1. The normalized spacial score (nSPS) is 17.4. The van der Waals surface area contributed by atoms with E-state index in [1.165, 1.54) is 0 Å². The van der Waals surface area contributed by atoms with E-state index in [9.17, 15) is 0 Å². The van der Waals surface area contributed by atoms with Gasteiger partial charge in [0.05, 0.1) is 0 Å². The number of halogens is 2. The highest BCUT2D eigenvalue weighted by Gasteiger charge is 2.52. The van der Waals surface area contributed by atoms with Crippen molar-refractivity contribution in [3.05, 3.63) is 150 Å². The summed E-state index contributed by atoms with van der Waals surface area (Å²) >= 11 is 12.4. The Kier molecular flexibility index (Phi) is 7.59. The fourth-order valence-corrected chi connectivity index (χ4v) is 6.25. The fraction of sp³-hybridized carbons (Fsp3) is 0.0526. The third-order valence-electron chi connectivity index (χ3n) is 8.28. The van der Waals surface area contributed by atoms with Crippen LogP contribution in [0.15, 0.2) is 150 Å². The number of hydrogen-bond acceptors (Lipinski definition) is 7. The molecule has 2 aliphatic heterocycles. The zero-order chi connectivity index (χ0) is 31.9. The van der Waals surface area contributed by atoms with Crippen LogP contribution in [0.25, 0.3) is 56.4 Å². The van der Waals surface area contributed by atoms with Gasteiger partial charge in [0, 0.05) is 22.8 Å². The first-order chi connectivity index (χ1) is 23.0. The molecule has 3 unspecified atom stereocenters. The number of nitrogens with zero attached hydrogens (tertiary/aromatic N) is 6. The Labute approximate surface area is 282 Å². The molecule has 6 aromatic rings. The van der Waals surface area contributed by atoms with Crippen LogP contribution < -0.4 is 5.73 Å². The summed E-state index contributed by atoms with van der Waals surface area (Å²) in [5.41, 5.74) is 14.7. The zero-order valence-corrected chi connectivity index (χ0v) is 26.5. The summed E-state index contributed by atoms with van der Waals surface area (Å²) in [7, 11) is 0. The van der Waals surface area contributed by atoms with Crippen LogP contribution in [0.4, 0.5) is 0 Å². The summed E-state index contributed by atoms with van der Waals surface area (Å²) in [5.74, 6) is 1.75. The van der Waals surface area contributed by atoms with Crippen LogP contribution >= 0.6 is 23.2 Å². The molecule has 3 atom stereocenters. The number of allylic oxidation sites excluding steroid dienone is 1. The third kappa shape index (κ3) is 5.82. The molecule has 0 amide bonds. The van der Waals surface area contributed by atoms with E-state index in [-0.39, 0.29) is 6.29 Å². The van der Waals surface area contributed by atoms with Crippen molar-refractivity contribution in [1.29, 1.82) is 0 Å². The van der Waals surface area contributed by atoms with E-state index in [0.29, 0.717) is 27.8 Å². The molecule has 0 spiro atoms. The molecule has 0 bridgehead atoms. The number of aliphatic imine (C=N–C) groups is 1. The number of fused-ring (bicyclic) bond motifs is 1. The molecule has 0 saturated carbocycles. The minimum atomic E-state index is -0.460. The monoisotopic (exact) mass is 651 g/mol. The van der Waals surface area contributed by atoms with Gasteiger partial charge in [0.1, 0.15) is 16.5 Å². The second-order valence-corrected chi connectivity index (χ2v) is 12.0. The molecule has 2 N–H and O–H groups in total. The molecule has 0 aliphatic carbocycles. The SMILES string of the molecule is NC(c1ccc(-c2nc(-c3ccc(-c4ccccc4)cc3)nc(-c3ccc(-c4ccccc4)cc3)n2)cc1)N1C2N=C(Cl)C=C(Cl)N21. The van der Waals surface area contributed by atoms with Crippen LogP contribution in [-0.2, 0) is 0 Å². The van der Waals surface area contributed by atoms with Crippen molar-refractivity contribution in [1.82, 2.24) is 25.0 Å². The van der Waals surface area contributed by atoms with Crippen LogP contribution in [0.1, 0.15) is 11.7 Å². The van der Waals surface area contributed by atoms with Gasteiger partial charge >= 0.3 is 0 Å². The van der Waals surface area contributed by atoms with Crippen LogP contribution in [0.2, 0.25) is 0 Å². The number of rotatable bonds is 7. The van der Waals surface area contributed by atoms with E-state index in [4.69, 9.17) is 43.9 Å². The van der Waals surface area contributed by atoms with E-state index in [2.05, 4.69) is 77.8 Å². The molecule has 1 saturated heterocycles. The topological polar surface area (TPSA) is 83.1 Å². The smallest absolute Gasteiger partial charge is 0.213 e. The Morgan fingerprint density at radius 1 is 0.511 bits per heavy atom. The van der Waals surface area contributed by atoms with Gasteiger partial charge in [0.15, 0.2) is 17.5 Å². The predicted molar refractivity (Wildman–Crippen MR) is 189 cm³/mol. The lowest BCUT2D eigenvalue weighted by atomic mass is 10.0. The van der Waals surface area contributed by atoms with Gasteiger partial charge in [0.2, 0.25) is 6.29 Å². The molecule has 1 aromatic heterocycles. The van der Waals surface area contributed by atoms with E-state index in [1.54, 1.807) is 6.08 Å². The average molecular weight is 653 g/mol. The Hall–Kier alpha value is -5.18. The maximum atomic E-state index is 6.61. The predicted octanol–water partition coefficient (Wildman–Crippen LogP) is 8.71. The second kappa shape index (κ2) is 12.2. The first kappa shape index (κ1) is 29.2. The first-order valence-electron chi connectivity index (χ1n) is 15.1. The van der Waals surface area contributed by atoms with E-state index >= 15 is 0 Å². The van der Waals surface area contributed by atoms with Crippen LogP contribution in [-0.4, -0.2) is 36.4 Å².